The van der Waals surface area contributed by atoms with Crippen LogP contribution in [0.5, 0.6) is 5.75 Å². The summed E-state index contributed by atoms with van der Waals surface area (Å²) in [5.74, 6) is -0.516. The average molecular weight is 388 g/mol. The molecule has 0 aliphatic rings. The molecule has 0 radical (unpaired) electrons. The zero-order valence-electron chi connectivity index (χ0n) is 15.3. The van der Waals surface area contributed by atoms with Gasteiger partial charge in [-0.25, -0.2) is 8.42 Å². The summed E-state index contributed by atoms with van der Waals surface area (Å²) in [6.07, 6.45) is 1.04. The highest BCUT2D eigenvalue weighted by molar-refractivity contribution is 7.92. The van der Waals surface area contributed by atoms with Crippen LogP contribution in [0.1, 0.15) is 13.8 Å². The summed E-state index contributed by atoms with van der Waals surface area (Å²) in [6.45, 7) is 3.45. The second-order valence-electron chi connectivity index (χ2n) is 5.40. The number of ether oxygens (including phenoxy) is 3. The third-order valence-corrected chi connectivity index (χ3v) is 3.76. The van der Waals surface area contributed by atoms with Crippen molar-refractivity contribution in [2.75, 3.05) is 49.3 Å². The Morgan fingerprint density at radius 3 is 2.04 bits per heavy atom. The van der Waals surface area contributed by atoms with Crippen LogP contribution in [0.4, 0.5) is 11.4 Å². The van der Waals surface area contributed by atoms with Crippen molar-refractivity contribution >= 4 is 33.3 Å². The number of anilines is 2. The number of rotatable bonds is 10. The van der Waals surface area contributed by atoms with Crippen LogP contribution in [0.2, 0.25) is 0 Å². The molecule has 0 heterocycles. The third-order valence-electron chi connectivity index (χ3n) is 3.17. The quantitative estimate of drug-likeness (QED) is 0.591. The molecule has 26 heavy (non-hydrogen) atoms. The van der Waals surface area contributed by atoms with E-state index in [1.165, 1.54) is 21.0 Å². The monoisotopic (exact) mass is 388 g/mol. The molecule has 1 rings (SSSR count). The number of nitrogens with zero attached hydrogens (tertiary/aromatic N) is 1. The van der Waals surface area contributed by atoms with Gasteiger partial charge in [0.2, 0.25) is 10.0 Å². The molecule has 10 heteroatoms. The Balaban J connectivity index is 3.10. The molecule has 0 amide bonds. The van der Waals surface area contributed by atoms with Gasteiger partial charge >= 0.3 is 11.9 Å². The number of para-hydroxylation sites is 1. The normalized spacial score (nSPS) is 10.8. The molecule has 146 valence electrons. The van der Waals surface area contributed by atoms with E-state index in [2.05, 4.69) is 4.72 Å². The summed E-state index contributed by atoms with van der Waals surface area (Å²) in [5.41, 5.74) is 0.845. The predicted molar refractivity (Wildman–Crippen MR) is 96.9 cm³/mol. The van der Waals surface area contributed by atoms with Crippen LogP contribution in [0.25, 0.3) is 0 Å². The van der Waals surface area contributed by atoms with Crippen LogP contribution >= 0.6 is 0 Å². The maximum Gasteiger partial charge on any atom is 0.302 e. The van der Waals surface area contributed by atoms with E-state index in [4.69, 9.17) is 14.2 Å². The summed E-state index contributed by atoms with van der Waals surface area (Å²) in [6, 6.07) is 4.96. The molecule has 0 saturated heterocycles. The van der Waals surface area contributed by atoms with Crippen molar-refractivity contribution in [3.8, 4) is 5.75 Å². The lowest BCUT2D eigenvalue weighted by atomic mass is 10.2. The molecule has 1 N–H and O–H groups in total. The lowest BCUT2D eigenvalue weighted by Gasteiger charge is -2.27. The Kier molecular flexibility index (Phi) is 8.17. The summed E-state index contributed by atoms with van der Waals surface area (Å²) in [7, 11) is -2.08. The number of benzene rings is 1. The molecule has 0 atom stereocenters. The zero-order valence-corrected chi connectivity index (χ0v) is 16.1. The Morgan fingerprint density at radius 1 is 1.08 bits per heavy atom. The Labute approximate surface area is 153 Å². The van der Waals surface area contributed by atoms with Gasteiger partial charge in [0, 0.05) is 13.8 Å². The van der Waals surface area contributed by atoms with E-state index in [9.17, 15) is 18.0 Å². The number of sulfonamides is 1. The molecule has 1 aromatic carbocycles. The minimum absolute atomic E-state index is 0.113. The fourth-order valence-electron chi connectivity index (χ4n) is 2.22. The number of nitrogens with one attached hydrogen (secondary N) is 1. The van der Waals surface area contributed by atoms with Crippen molar-refractivity contribution in [1.29, 1.82) is 0 Å². The van der Waals surface area contributed by atoms with Crippen LogP contribution in [-0.4, -0.2) is 60.0 Å². The van der Waals surface area contributed by atoms with E-state index in [0.29, 0.717) is 24.5 Å². The van der Waals surface area contributed by atoms with Gasteiger partial charge in [0.25, 0.3) is 0 Å². The van der Waals surface area contributed by atoms with Crippen molar-refractivity contribution in [1.82, 2.24) is 0 Å². The molecule has 0 fully saturated rings. The smallest absolute Gasteiger partial charge is 0.302 e. The van der Waals surface area contributed by atoms with Crippen LogP contribution < -0.4 is 14.4 Å². The van der Waals surface area contributed by atoms with Crippen molar-refractivity contribution in [3.05, 3.63) is 18.2 Å². The SMILES string of the molecule is COc1c(NS(C)(=O)=O)cccc1N(CCOC(C)=O)CCOC(C)=O. The van der Waals surface area contributed by atoms with Gasteiger partial charge in [-0.15, -0.1) is 0 Å². The topological polar surface area (TPSA) is 111 Å². The standard InChI is InChI=1S/C16H24N2O7S/c1-12(19)24-10-8-18(9-11-25-13(2)20)15-7-5-6-14(16(15)23-3)17-26(4,21)22/h5-7,17H,8-11H2,1-4H3. The minimum Gasteiger partial charge on any atom is -0.492 e. The summed E-state index contributed by atoms with van der Waals surface area (Å²) in [4.78, 5) is 23.8. The maximum atomic E-state index is 11.5. The molecule has 0 aromatic heterocycles. The number of methoxy groups -OCH3 is 1. The predicted octanol–water partition coefficient (Wildman–Crippen LogP) is 0.999. The van der Waals surface area contributed by atoms with E-state index >= 15 is 0 Å². The van der Waals surface area contributed by atoms with Crippen molar-refractivity contribution in [3.63, 3.8) is 0 Å². The molecular formula is C16H24N2O7S. The van der Waals surface area contributed by atoms with Crippen molar-refractivity contribution in [2.45, 2.75) is 13.8 Å². The summed E-state index contributed by atoms with van der Waals surface area (Å²) < 4.78 is 40.8. The summed E-state index contributed by atoms with van der Waals surface area (Å²) in [5, 5.41) is 0. The van der Waals surface area contributed by atoms with Gasteiger partial charge in [0.15, 0.2) is 5.75 Å². The van der Waals surface area contributed by atoms with E-state index in [1.54, 1.807) is 23.1 Å². The van der Waals surface area contributed by atoms with Gasteiger partial charge in [-0.1, -0.05) is 6.07 Å². The molecule has 0 saturated carbocycles. The third kappa shape index (κ3) is 7.60. The lowest BCUT2D eigenvalue weighted by molar-refractivity contribution is -0.141. The maximum absolute atomic E-state index is 11.5. The van der Waals surface area contributed by atoms with Gasteiger partial charge in [-0.3, -0.25) is 14.3 Å². The highest BCUT2D eigenvalue weighted by Crippen LogP contribution is 2.36. The number of carbonyl (C=O) groups excluding carboxylic acids is 2. The second-order valence-corrected chi connectivity index (χ2v) is 7.15. The van der Waals surface area contributed by atoms with E-state index in [0.717, 1.165) is 6.26 Å². The number of hydrogen-bond acceptors (Lipinski definition) is 8. The van der Waals surface area contributed by atoms with Gasteiger partial charge in [-0.05, 0) is 12.1 Å². The van der Waals surface area contributed by atoms with E-state index in [-0.39, 0.29) is 18.9 Å². The van der Waals surface area contributed by atoms with Crippen LogP contribution in [0.3, 0.4) is 0 Å². The van der Waals surface area contributed by atoms with E-state index in [1.807, 2.05) is 0 Å². The lowest BCUT2D eigenvalue weighted by Crippen LogP contribution is -2.32. The Hall–Kier alpha value is -2.49. The number of esters is 2. The molecule has 1 aromatic rings. The number of carbonyl (C=O) groups is 2. The van der Waals surface area contributed by atoms with Gasteiger partial charge in [-0.2, -0.15) is 0 Å². The first-order valence-electron chi connectivity index (χ1n) is 7.80. The molecular weight excluding hydrogens is 364 g/mol. The number of hydrogen-bond donors (Lipinski definition) is 1. The van der Waals surface area contributed by atoms with E-state index < -0.39 is 22.0 Å². The average Bonchev–Trinajstić information content (AvgIpc) is 2.51. The molecule has 0 unspecified atom stereocenters. The van der Waals surface area contributed by atoms with Gasteiger partial charge in [0.05, 0.1) is 37.8 Å². The Bertz CT molecular complexity index is 714. The molecule has 9 nitrogen and oxygen atoms in total. The fraction of sp³-hybridized carbons (Fsp3) is 0.500. The van der Waals surface area contributed by atoms with Crippen molar-refractivity contribution in [2.24, 2.45) is 0 Å². The van der Waals surface area contributed by atoms with Crippen LogP contribution in [0.15, 0.2) is 18.2 Å². The van der Waals surface area contributed by atoms with Crippen molar-refractivity contribution < 1.29 is 32.2 Å². The summed E-state index contributed by atoms with van der Waals surface area (Å²) >= 11 is 0. The Morgan fingerprint density at radius 2 is 1.62 bits per heavy atom. The second kappa shape index (κ2) is 9.85. The van der Waals surface area contributed by atoms with Crippen LogP contribution in [0, 0.1) is 0 Å². The highest BCUT2D eigenvalue weighted by Gasteiger charge is 2.18. The highest BCUT2D eigenvalue weighted by atomic mass is 32.2. The fourth-order valence-corrected chi connectivity index (χ4v) is 2.78. The first-order valence-corrected chi connectivity index (χ1v) is 9.69. The minimum atomic E-state index is -3.50. The first kappa shape index (κ1) is 21.6. The molecule has 0 aliphatic heterocycles. The van der Waals surface area contributed by atoms with Gasteiger partial charge in [0.1, 0.15) is 13.2 Å². The molecule has 0 aliphatic carbocycles. The van der Waals surface area contributed by atoms with Gasteiger partial charge < -0.3 is 19.1 Å². The largest absolute Gasteiger partial charge is 0.492 e. The molecule has 0 bridgehead atoms. The molecule has 0 spiro atoms. The van der Waals surface area contributed by atoms with Crippen LogP contribution in [-0.2, 0) is 29.1 Å². The first-order chi connectivity index (χ1) is 12.1. The zero-order chi connectivity index (χ0) is 19.7.